The van der Waals surface area contributed by atoms with Crippen molar-refractivity contribution < 1.29 is 9.53 Å². The Balaban J connectivity index is 1.19. The lowest BCUT2D eigenvalue weighted by Crippen LogP contribution is -2.14. The molecule has 0 spiro atoms. The van der Waals surface area contributed by atoms with Crippen LogP contribution in [0.4, 0.5) is 5.13 Å². The quantitative estimate of drug-likeness (QED) is 0.326. The van der Waals surface area contributed by atoms with Crippen molar-refractivity contribution in [2.75, 3.05) is 11.1 Å². The molecule has 166 valence electrons. The molecule has 0 aliphatic rings. The van der Waals surface area contributed by atoms with E-state index in [4.69, 9.17) is 4.74 Å². The molecule has 0 aliphatic carbocycles. The van der Waals surface area contributed by atoms with E-state index in [1.807, 2.05) is 54.1 Å². The Kier molecular flexibility index (Phi) is 5.97. The van der Waals surface area contributed by atoms with Crippen molar-refractivity contribution >= 4 is 55.1 Å². The number of nitrogens with zero attached hydrogens (tertiary/aromatic N) is 4. The number of aromatic nitrogens is 4. The number of rotatable bonds is 7. The molecule has 0 aliphatic heterocycles. The second-order valence-corrected chi connectivity index (χ2v) is 9.45. The van der Waals surface area contributed by atoms with Crippen LogP contribution in [0.25, 0.3) is 21.0 Å². The monoisotopic (exact) mass is 475 g/mol. The number of aryl methyl sites for hydroxylation is 1. The molecule has 2 heterocycles. The molecular formula is C24H21N5O2S2. The minimum Gasteiger partial charge on any atom is -0.485 e. The standard InChI is InChI=1S/C24H21N5O2S2/c1-15-17-8-4-3-7-16(17)11-12-19(15)31-13-21-27-28-24(29(21)2)32-14-22(30)26-23-25-18-9-5-6-10-20(18)33-23/h3-12H,13-14H2,1-2H3,(H,25,26,30). The number of carbonyl (C=O) groups is 1. The SMILES string of the molecule is Cc1c(OCc2nnc(SCC(=O)Nc3nc4ccccc4s3)n2C)ccc2ccccc12. The molecule has 0 unspecified atom stereocenters. The summed E-state index contributed by atoms with van der Waals surface area (Å²) in [5.74, 6) is 1.59. The highest BCUT2D eigenvalue weighted by Gasteiger charge is 2.14. The number of para-hydroxylation sites is 1. The Morgan fingerprint density at radius 1 is 1.09 bits per heavy atom. The fourth-order valence-electron chi connectivity index (χ4n) is 3.51. The molecule has 1 amide bonds. The van der Waals surface area contributed by atoms with Crippen LogP contribution in [0.1, 0.15) is 11.4 Å². The smallest absolute Gasteiger partial charge is 0.236 e. The average Bonchev–Trinajstić information content (AvgIpc) is 3.39. The van der Waals surface area contributed by atoms with E-state index in [0.717, 1.165) is 21.5 Å². The van der Waals surface area contributed by atoms with Gasteiger partial charge < -0.3 is 14.6 Å². The first-order valence-corrected chi connectivity index (χ1v) is 12.2. The fourth-order valence-corrected chi connectivity index (χ4v) is 5.13. The molecule has 0 saturated heterocycles. The van der Waals surface area contributed by atoms with Gasteiger partial charge in [0.05, 0.1) is 16.0 Å². The predicted molar refractivity (Wildman–Crippen MR) is 133 cm³/mol. The van der Waals surface area contributed by atoms with Crippen molar-refractivity contribution in [2.24, 2.45) is 7.05 Å². The Morgan fingerprint density at radius 3 is 2.79 bits per heavy atom. The third kappa shape index (κ3) is 4.55. The van der Waals surface area contributed by atoms with Gasteiger partial charge in [-0.1, -0.05) is 65.6 Å². The number of nitrogens with one attached hydrogen (secondary N) is 1. The van der Waals surface area contributed by atoms with Crippen LogP contribution in [0.3, 0.4) is 0 Å². The lowest BCUT2D eigenvalue weighted by Gasteiger charge is -2.11. The minimum atomic E-state index is -0.133. The van der Waals surface area contributed by atoms with E-state index in [-0.39, 0.29) is 11.7 Å². The molecule has 5 aromatic rings. The molecule has 3 aromatic carbocycles. The first-order valence-electron chi connectivity index (χ1n) is 10.4. The molecule has 0 atom stereocenters. The zero-order valence-electron chi connectivity index (χ0n) is 18.1. The minimum absolute atomic E-state index is 0.133. The third-order valence-corrected chi connectivity index (χ3v) is 7.28. The number of thiazole rings is 1. The maximum absolute atomic E-state index is 12.4. The van der Waals surface area contributed by atoms with Crippen molar-refractivity contribution in [1.82, 2.24) is 19.7 Å². The average molecular weight is 476 g/mol. The number of anilines is 1. The van der Waals surface area contributed by atoms with Gasteiger partial charge in [-0.15, -0.1) is 10.2 Å². The lowest BCUT2D eigenvalue weighted by atomic mass is 10.0. The van der Waals surface area contributed by atoms with Crippen LogP contribution in [0.15, 0.2) is 65.8 Å². The molecule has 0 saturated carbocycles. The summed E-state index contributed by atoms with van der Waals surface area (Å²) in [6, 6.07) is 20.1. The van der Waals surface area contributed by atoms with Crippen molar-refractivity contribution in [3.05, 3.63) is 72.1 Å². The number of fused-ring (bicyclic) bond motifs is 2. The summed E-state index contributed by atoms with van der Waals surface area (Å²) < 4.78 is 8.93. The Hall–Kier alpha value is -3.43. The topological polar surface area (TPSA) is 81.9 Å². The van der Waals surface area contributed by atoms with E-state index in [0.29, 0.717) is 22.7 Å². The summed E-state index contributed by atoms with van der Waals surface area (Å²) in [5, 5.41) is 14.9. The molecule has 1 N–H and O–H groups in total. The predicted octanol–water partition coefficient (Wildman–Crippen LogP) is 5.20. The number of amides is 1. The van der Waals surface area contributed by atoms with Crippen LogP contribution in [0.2, 0.25) is 0 Å². The van der Waals surface area contributed by atoms with Crippen LogP contribution in [-0.2, 0) is 18.4 Å². The van der Waals surface area contributed by atoms with Gasteiger partial charge >= 0.3 is 0 Å². The van der Waals surface area contributed by atoms with Crippen LogP contribution in [0.5, 0.6) is 5.75 Å². The van der Waals surface area contributed by atoms with Crippen molar-refractivity contribution in [3.8, 4) is 5.75 Å². The van der Waals surface area contributed by atoms with Crippen molar-refractivity contribution in [3.63, 3.8) is 0 Å². The van der Waals surface area contributed by atoms with Gasteiger partial charge in [0.15, 0.2) is 16.1 Å². The van der Waals surface area contributed by atoms with Crippen LogP contribution in [-0.4, -0.2) is 31.4 Å². The van der Waals surface area contributed by atoms with Crippen molar-refractivity contribution in [2.45, 2.75) is 18.7 Å². The molecule has 0 bridgehead atoms. The van der Waals surface area contributed by atoms with Gasteiger partial charge in [0.2, 0.25) is 5.91 Å². The van der Waals surface area contributed by atoms with Gasteiger partial charge in [-0.25, -0.2) is 4.98 Å². The highest BCUT2D eigenvalue weighted by atomic mass is 32.2. The molecule has 0 radical (unpaired) electrons. The maximum Gasteiger partial charge on any atom is 0.236 e. The van der Waals surface area contributed by atoms with Gasteiger partial charge in [0.25, 0.3) is 0 Å². The molecule has 5 rings (SSSR count). The number of hydrogen-bond acceptors (Lipinski definition) is 7. The van der Waals surface area contributed by atoms with Crippen LogP contribution >= 0.6 is 23.1 Å². The van der Waals surface area contributed by atoms with E-state index in [2.05, 4.69) is 45.6 Å². The normalized spacial score (nSPS) is 11.2. The number of hydrogen-bond donors (Lipinski definition) is 1. The van der Waals surface area contributed by atoms with Crippen LogP contribution < -0.4 is 10.1 Å². The van der Waals surface area contributed by atoms with Gasteiger partial charge in [-0.3, -0.25) is 4.79 Å². The highest BCUT2D eigenvalue weighted by Crippen LogP contribution is 2.28. The zero-order chi connectivity index (χ0) is 22.8. The van der Waals surface area contributed by atoms with Gasteiger partial charge in [-0.05, 0) is 41.5 Å². The van der Waals surface area contributed by atoms with E-state index in [1.165, 1.54) is 33.9 Å². The Labute approximate surface area is 198 Å². The molecule has 9 heteroatoms. The summed E-state index contributed by atoms with van der Waals surface area (Å²) in [5.41, 5.74) is 1.97. The summed E-state index contributed by atoms with van der Waals surface area (Å²) in [6.45, 7) is 2.35. The number of ether oxygens (including phenoxy) is 1. The van der Waals surface area contributed by atoms with Crippen molar-refractivity contribution in [1.29, 1.82) is 0 Å². The first-order chi connectivity index (χ1) is 16.1. The maximum atomic E-state index is 12.4. The van der Waals surface area contributed by atoms with E-state index < -0.39 is 0 Å². The fraction of sp³-hybridized carbons (Fsp3) is 0.167. The second-order valence-electron chi connectivity index (χ2n) is 7.48. The summed E-state index contributed by atoms with van der Waals surface area (Å²) in [4.78, 5) is 16.8. The molecule has 7 nitrogen and oxygen atoms in total. The molecular weight excluding hydrogens is 454 g/mol. The zero-order valence-corrected chi connectivity index (χ0v) is 19.7. The van der Waals surface area contributed by atoms with Gasteiger partial charge in [-0.2, -0.15) is 0 Å². The second kappa shape index (κ2) is 9.21. The number of thioether (sulfide) groups is 1. The van der Waals surface area contributed by atoms with E-state index >= 15 is 0 Å². The highest BCUT2D eigenvalue weighted by molar-refractivity contribution is 7.99. The van der Waals surface area contributed by atoms with E-state index in [1.54, 1.807) is 0 Å². The van der Waals surface area contributed by atoms with Gasteiger partial charge in [0, 0.05) is 7.05 Å². The third-order valence-electron chi connectivity index (χ3n) is 5.30. The molecule has 2 aromatic heterocycles. The first kappa shape index (κ1) is 21.4. The summed E-state index contributed by atoms with van der Waals surface area (Å²) in [7, 11) is 1.87. The number of benzene rings is 3. The van der Waals surface area contributed by atoms with E-state index in [9.17, 15) is 4.79 Å². The van der Waals surface area contributed by atoms with Gasteiger partial charge in [0.1, 0.15) is 12.4 Å². The largest absolute Gasteiger partial charge is 0.485 e. The summed E-state index contributed by atoms with van der Waals surface area (Å²) in [6.07, 6.45) is 0. The molecule has 0 fully saturated rings. The Morgan fingerprint density at radius 2 is 1.91 bits per heavy atom. The van der Waals surface area contributed by atoms with Crippen LogP contribution in [0, 0.1) is 6.92 Å². The lowest BCUT2D eigenvalue weighted by molar-refractivity contribution is -0.113. The molecule has 33 heavy (non-hydrogen) atoms. The Bertz CT molecular complexity index is 1430. The number of carbonyl (C=O) groups excluding carboxylic acids is 1. The summed E-state index contributed by atoms with van der Waals surface area (Å²) >= 11 is 2.79.